The van der Waals surface area contributed by atoms with Crippen molar-refractivity contribution in [2.24, 2.45) is 0 Å². The van der Waals surface area contributed by atoms with E-state index in [1.165, 1.54) is 32.6 Å². The number of hydrogen-bond acceptors (Lipinski definition) is 3. The fourth-order valence-electron chi connectivity index (χ4n) is 2.36. The molecule has 3 N–H and O–H groups in total. The quantitative estimate of drug-likeness (QED) is 0.179. The minimum atomic E-state index is -0.935. The van der Waals surface area contributed by atoms with Crippen molar-refractivity contribution in [3.8, 4) is 0 Å². The Kier molecular flexibility index (Phi) is 21.1. The summed E-state index contributed by atoms with van der Waals surface area (Å²) in [6.45, 7) is 6.80. The first-order chi connectivity index (χ1) is 12.8. The van der Waals surface area contributed by atoms with Crippen molar-refractivity contribution in [3.63, 3.8) is 0 Å². The first-order valence-electron chi connectivity index (χ1n) is 10.2. The number of carboxylic acid groups (broad SMARTS) is 2. The van der Waals surface area contributed by atoms with Crippen LogP contribution in [-0.2, 0) is 9.59 Å². The van der Waals surface area contributed by atoms with Gasteiger partial charge < -0.3 is 15.3 Å². The van der Waals surface area contributed by atoms with E-state index in [1.54, 1.807) is 0 Å². The summed E-state index contributed by atoms with van der Waals surface area (Å²) in [5.74, 6) is -1.62. The molecule has 0 spiro atoms. The van der Waals surface area contributed by atoms with Crippen molar-refractivity contribution in [2.75, 3.05) is 0 Å². The molecule has 158 valence electrons. The average Bonchev–Trinajstić information content (AvgIpc) is 2.60. The Balaban J connectivity index is 0. The molecule has 0 aliphatic heterocycles. The second-order valence-corrected chi connectivity index (χ2v) is 7.00. The molecule has 1 atom stereocenters. The zero-order valence-corrected chi connectivity index (χ0v) is 17.3. The fourth-order valence-corrected chi connectivity index (χ4v) is 2.36. The van der Waals surface area contributed by atoms with Gasteiger partial charge in [0, 0.05) is 12.0 Å². The zero-order chi connectivity index (χ0) is 20.9. The van der Waals surface area contributed by atoms with Crippen LogP contribution in [0.1, 0.15) is 97.3 Å². The van der Waals surface area contributed by atoms with Gasteiger partial charge in [0.2, 0.25) is 0 Å². The summed E-state index contributed by atoms with van der Waals surface area (Å²) >= 11 is 0. The molecule has 0 rings (SSSR count). The largest absolute Gasteiger partial charge is 0.481 e. The highest BCUT2D eigenvalue weighted by Crippen LogP contribution is 2.10. The fraction of sp³-hybridized carbons (Fsp3) is 0.727. The van der Waals surface area contributed by atoms with E-state index >= 15 is 0 Å². The molecule has 0 aliphatic carbocycles. The number of aliphatic hydroxyl groups is 1. The second kappa shape index (κ2) is 20.7. The van der Waals surface area contributed by atoms with Crippen LogP contribution in [0.15, 0.2) is 24.3 Å². The standard InChI is InChI=1S/C18H34O3.C4H6O2/c1-2-3-4-11-14-17(19)15-12-9-7-5-6-8-10-13-16-18(20)21;1-3(2)4(5)6/h9,12,17,19H,2-8,10-11,13-16H2,1H3,(H,20,21);1H2,2H3,(H,5,6)/b12-9-;. The van der Waals surface area contributed by atoms with Gasteiger partial charge in [0.05, 0.1) is 6.10 Å². The van der Waals surface area contributed by atoms with E-state index in [0.29, 0.717) is 6.42 Å². The summed E-state index contributed by atoms with van der Waals surface area (Å²) in [6.07, 6.45) is 17.4. The van der Waals surface area contributed by atoms with Gasteiger partial charge in [-0.25, -0.2) is 4.79 Å². The van der Waals surface area contributed by atoms with E-state index in [-0.39, 0.29) is 11.7 Å². The highest BCUT2D eigenvalue weighted by atomic mass is 16.4. The summed E-state index contributed by atoms with van der Waals surface area (Å²) in [5.41, 5.74) is 0.176. The van der Waals surface area contributed by atoms with Crippen molar-refractivity contribution in [1.29, 1.82) is 0 Å². The smallest absolute Gasteiger partial charge is 0.330 e. The van der Waals surface area contributed by atoms with Gasteiger partial charge in [-0.15, -0.1) is 0 Å². The SMILES string of the molecule is C=C(C)C(=O)O.CCCCCCC(O)C/C=C\CCCCCCCC(=O)O. The first kappa shape index (κ1) is 27.6. The van der Waals surface area contributed by atoms with Crippen LogP contribution in [0.25, 0.3) is 0 Å². The van der Waals surface area contributed by atoms with Crippen LogP contribution in [0.5, 0.6) is 0 Å². The molecule has 0 bridgehead atoms. The Morgan fingerprint density at radius 3 is 2.04 bits per heavy atom. The number of aliphatic hydroxyl groups excluding tert-OH is 1. The summed E-state index contributed by atoms with van der Waals surface area (Å²) in [4.78, 5) is 19.9. The van der Waals surface area contributed by atoms with Crippen LogP contribution in [0.2, 0.25) is 0 Å². The third-order valence-corrected chi connectivity index (χ3v) is 4.09. The lowest BCUT2D eigenvalue weighted by atomic mass is 10.1. The monoisotopic (exact) mass is 384 g/mol. The predicted octanol–water partition coefficient (Wildman–Crippen LogP) is 5.73. The molecule has 0 saturated heterocycles. The molecule has 0 aliphatic rings. The van der Waals surface area contributed by atoms with Crippen LogP contribution in [0.4, 0.5) is 0 Å². The van der Waals surface area contributed by atoms with Gasteiger partial charge in [-0.2, -0.15) is 0 Å². The molecular weight excluding hydrogens is 344 g/mol. The molecule has 27 heavy (non-hydrogen) atoms. The molecule has 1 unspecified atom stereocenters. The van der Waals surface area contributed by atoms with Crippen molar-refractivity contribution in [1.82, 2.24) is 0 Å². The molecule has 0 aromatic rings. The molecule has 0 fully saturated rings. The molecule has 0 radical (unpaired) electrons. The first-order valence-corrected chi connectivity index (χ1v) is 10.2. The Labute approximate surface area is 165 Å². The van der Waals surface area contributed by atoms with E-state index < -0.39 is 11.9 Å². The molecule has 0 amide bonds. The second-order valence-electron chi connectivity index (χ2n) is 7.00. The summed E-state index contributed by atoms with van der Waals surface area (Å²) in [5, 5.41) is 26.2. The van der Waals surface area contributed by atoms with E-state index in [0.717, 1.165) is 51.4 Å². The normalized spacial score (nSPS) is 11.7. The maximum atomic E-state index is 10.3. The zero-order valence-electron chi connectivity index (χ0n) is 17.3. The predicted molar refractivity (Wildman–Crippen MR) is 111 cm³/mol. The van der Waals surface area contributed by atoms with E-state index in [1.807, 2.05) is 0 Å². The van der Waals surface area contributed by atoms with Crippen LogP contribution in [0, 0.1) is 0 Å². The van der Waals surface area contributed by atoms with Gasteiger partial charge in [-0.05, 0) is 39.0 Å². The number of carbonyl (C=O) groups is 2. The highest BCUT2D eigenvalue weighted by Gasteiger charge is 2.00. The highest BCUT2D eigenvalue weighted by molar-refractivity contribution is 5.84. The number of unbranched alkanes of at least 4 members (excludes halogenated alkanes) is 8. The van der Waals surface area contributed by atoms with Gasteiger partial charge >= 0.3 is 11.9 Å². The Morgan fingerprint density at radius 1 is 0.926 bits per heavy atom. The maximum absolute atomic E-state index is 10.3. The van der Waals surface area contributed by atoms with Gasteiger partial charge in [0.25, 0.3) is 0 Å². The van der Waals surface area contributed by atoms with Crippen molar-refractivity contribution in [2.45, 2.75) is 103 Å². The van der Waals surface area contributed by atoms with Crippen LogP contribution >= 0.6 is 0 Å². The van der Waals surface area contributed by atoms with E-state index in [2.05, 4.69) is 25.7 Å². The molecule has 0 aromatic carbocycles. The third kappa shape index (κ3) is 26.7. The van der Waals surface area contributed by atoms with Crippen LogP contribution in [0.3, 0.4) is 0 Å². The summed E-state index contributed by atoms with van der Waals surface area (Å²) in [7, 11) is 0. The number of rotatable bonds is 16. The number of aliphatic carboxylic acids is 2. The minimum absolute atomic E-state index is 0.172. The average molecular weight is 385 g/mol. The van der Waals surface area contributed by atoms with Gasteiger partial charge in [-0.1, -0.05) is 70.6 Å². The van der Waals surface area contributed by atoms with Gasteiger partial charge in [0.1, 0.15) is 0 Å². The number of hydrogen-bond donors (Lipinski definition) is 3. The minimum Gasteiger partial charge on any atom is -0.481 e. The molecule has 5 nitrogen and oxygen atoms in total. The molecule has 0 aromatic heterocycles. The molecule has 0 saturated carbocycles. The van der Waals surface area contributed by atoms with E-state index in [9.17, 15) is 14.7 Å². The lowest BCUT2D eigenvalue weighted by Gasteiger charge is -2.07. The Hall–Kier alpha value is -1.62. The lowest BCUT2D eigenvalue weighted by molar-refractivity contribution is -0.137. The topological polar surface area (TPSA) is 94.8 Å². The number of allylic oxidation sites excluding steroid dienone is 1. The maximum Gasteiger partial charge on any atom is 0.330 e. The van der Waals surface area contributed by atoms with Crippen molar-refractivity contribution < 1.29 is 24.9 Å². The Bertz CT molecular complexity index is 403. The van der Waals surface area contributed by atoms with Crippen LogP contribution in [-0.4, -0.2) is 33.4 Å². The van der Waals surface area contributed by atoms with Crippen molar-refractivity contribution in [3.05, 3.63) is 24.3 Å². The van der Waals surface area contributed by atoms with Gasteiger partial charge in [-0.3, -0.25) is 4.79 Å². The third-order valence-electron chi connectivity index (χ3n) is 4.09. The molecule has 0 heterocycles. The van der Waals surface area contributed by atoms with Crippen LogP contribution < -0.4 is 0 Å². The molecule has 5 heteroatoms. The number of carboxylic acids is 2. The summed E-state index contributed by atoms with van der Waals surface area (Å²) in [6, 6.07) is 0. The summed E-state index contributed by atoms with van der Waals surface area (Å²) < 4.78 is 0. The van der Waals surface area contributed by atoms with Crippen molar-refractivity contribution >= 4 is 11.9 Å². The van der Waals surface area contributed by atoms with E-state index in [4.69, 9.17) is 10.2 Å². The van der Waals surface area contributed by atoms with Gasteiger partial charge in [0.15, 0.2) is 0 Å². The Morgan fingerprint density at radius 2 is 1.48 bits per heavy atom. The molecular formula is C22H40O5. The lowest BCUT2D eigenvalue weighted by Crippen LogP contribution is -2.04.